The van der Waals surface area contributed by atoms with Crippen LogP contribution in [0.4, 0.5) is 27.6 Å². The van der Waals surface area contributed by atoms with Crippen molar-refractivity contribution in [2.24, 2.45) is 17.8 Å². The zero-order valence-electron chi connectivity index (χ0n) is 25.2. The van der Waals surface area contributed by atoms with Gasteiger partial charge in [0.2, 0.25) is 11.8 Å². The SMILES string of the molecule is CCn1nccc1C(=O)NC(c1cn2nc(CC3C[C@@H](C(F)(F)F)CNC3=O)c(N(C)C3CC3)cc2n1)C1CCC(F)(F)CC1. The number of carbonyl (C=O) groups is 2. The lowest BCUT2D eigenvalue weighted by Crippen LogP contribution is -2.47. The molecule has 0 bridgehead atoms. The van der Waals surface area contributed by atoms with Gasteiger partial charge in [0, 0.05) is 63.6 Å². The lowest BCUT2D eigenvalue weighted by molar-refractivity contribution is -0.183. The van der Waals surface area contributed by atoms with Gasteiger partial charge >= 0.3 is 6.18 Å². The molecule has 6 rings (SSSR count). The summed E-state index contributed by atoms with van der Waals surface area (Å²) in [6, 6.07) is 2.93. The van der Waals surface area contributed by atoms with Crippen LogP contribution in [-0.2, 0) is 17.8 Å². The smallest absolute Gasteiger partial charge is 0.370 e. The van der Waals surface area contributed by atoms with Crippen LogP contribution in [0.1, 0.15) is 79.8 Å². The van der Waals surface area contributed by atoms with E-state index in [4.69, 9.17) is 10.1 Å². The van der Waals surface area contributed by atoms with E-state index in [1.165, 1.54) is 10.7 Å². The van der Waals surface area contributed by atoms with E-state index in [0.717, 1.165) is 12.8 Å². The monoisotopic (exact) mass is 636 g/mol. The van der Waals surface area contributed by atoms with E-state index in [2.05, 4.69) is 15.7 Å². The number of rotatable bonds is 9. The molecule has 2 saturated carbocycles. The summed E-state index contributed by atoms with van der Waals surface area (Å²) in [6.45, 7) is 1.88. The number of nitrogens with one attached hydrogen (secondary N) is 2. The van der Waals surface area contributed by atoms with Crippen LogP contribution in [-0.4, -0.2) is 67.9 Å². The zero-order valence-corrected chi connectivity index (χ0v) is 25.2. The highest BCUT2D eigenvalue weighted by Crippen LogP contribution is 2.42. The van der Waals surface area contributed by atoms with Crippen LogP contribution < -0.4 is 15.5 Å². The number of aromatic nitrogens is 5. The van der Waals surface area contributed by atoms with E-state index < -0.39 is 48.3 Å². The molecule has 1 aliphatic heterocycles. The number of aryl methyl sites for hydroxylation is 1. The first-order valence-corrected chi connectivity index (χ1v) is 15.5. The lowest BCUT2D eigenvalue weighted by atomic mass is 9.81. The van der Waals surface area contributed by atoms with Crippen molar-refractivity contribution in [2.75, 3.05) is 18.5 Å². The number of piperidine rings is 1. The largest absolute Gasteiger partial charge is 0.393 e. The van der Waals surface area contributed by atoms with Crippen LogP contribution in [0.2, 0.25) is 0 Å². The number of nitrogens with zero attached hydrogens (tertiary/aromatic N) is 6. The number of anilines is 1. The second-order valence-electron chi connectivity index (χ2n) is 12.6. The maximum absolute atomic E-state index is 14.1. The van der Waals surface area contributed by atoms with Gasteiger partial charge < -0.3 is 15.5 Å². The Hall–Kier alpha value is -3.78. The number of halogens is 5. The topological polar surface area (TPSA) is 109 Å². The van der Waals surface area contributed by atoms with Crippen molar-refractivity contribution in [1.82, 2.24) is 35.0 Å². The number of hydrogen-bond acceptors (Lipinski definition) is 6. The summed E-state index contributed by atoms with van der Waals surface area (Å²) in [4.78, 5) is 32.9. The second-order valence-corrected chi connectivity index (χ2v) is 12.6. The summed E-state index contributed by atoms with van der Waals surface area (Å²) >= 11 is 0. The highest BCUT2D eigenvalue weighted by Gasteiger charge is 2.45. The molecule has 4 heterocycles. The standard InChI is InChI=1S/C30H37F5N8O2/c1-3-42-23(8-11-37-42)28(45)39-26(17-6-9-29(31,32)10-7-17)22-16-43-25(38-22)14-24(41(2)20-4-5-20)21(40-43)13-18-12-19(30(33,34)35)15-36-27(18)44/h8,11,14,16-20,26H,3-7,9-10,12-13,15H2,1-2H3,(H,36,44)(H,39,45)/t18?,19-,26?/m1/s1. The molecular formula is C30H37F5N8O2. The number of imidazole rings is 1. The first-order valence-electron chi connectivity index (χ1n) is 15.5. The lowest BCUT2D eigenvalue weighted by Gasteiger charge is -2.33. The second kappa shape index (κ2) is 11.9. The number of hydrogen-bond donors (Lipinski definition) is 2. The van der Waals surface area contributed by atoms with Gasteiger partial charge in [0.1, 0.15) is 5.69 Å². The first-order chi connectivity index (χ1) is 21.3. The first kappa shape index (κ1) is 31.2. The van der Waals surface area contributed by atoms with E-state index in [-0.39, 0.29) is 50.5 Å². The number of fused-ring (bicyclic) bond motifs is 1. The van der Waals surface area contributed by atoms with Gasteiger partial charge in [-0.15, -0.1) is 0 Å². The van der Waals surface area contributed by atoms with Crippen molar-refractivity contribution >= 4 is 23.1 Å². The minimum absolute atomic E-state index is 0.00708. The summed E-state index contributed by atoms with van der Waals surface area (Å²) in [6.07, 6.45) is 0.0868. The van der Waals surface area contributed by atoms with E-state index in [1.807, 2.05) is 18.9 Å². The van der Waals surface area contributed by atoms with Gasteiger partial charge in [0.05, 0.1) is 35.2 Å². The van der Waals surface area contributed by atoms with Gasteiger partial charge in [-0.1, -0.05) is 0 Å². The summed E-state index contributed by atoms with van der Waals surface area (Å²) in [5, 5.41) is 14.3. The van der Waals surface area contributed by atoms with Crippen molar-refractivity contribution in [1.29, 1.82) is 0 Å². The minimum atomic E-state index is -4.42. The number of alkyl halides is 5. The van der Waals surface area contributed by atoms with Crippen molar-refractivity contribution in [3.63, 3.8) is 0 Å². The molecule has 244 valence electrons. The van der Waals surface area contributed by atoms with Gasteiger partial charge in [-0.2, -0.15) is 23.4 Å². The van der Waals surface area contributed by atoms with Crippen molar-refractivity contribution in [2.45, 2.75) is 89.0 Å². The van der Waals surface area contributed by atoms with E-state index in [1.54, 1.807) is 23.0 Å². The molecule has 0 spiro atoms. The fraction of sp³-hybridized carbons (Fsp3) is 0.633. The quantitative estimate of drug-likeness (QED) is 0.330. The fourth-order valence-corrected chi connectivity index (χ4v) is 6.61. The summed E-state index contributed by atoms with van der Waals surface area (Å²) in [7, 11) is 1.89. The Balaban J connectivity index is 1.35. The average molecular weight is 637 g/mol. The molecule has 15 heteroatoms. The van der Waals surface area contributed by atoms with E-state index >= 15 is 0 Å². The Morgan fingerprint density at radius 2 is 1.96 bits per heavy atom. The fourth-order valence-electron chi connectivity index (χ4n) is 6.61. The van der Waals surface area contributed by atoms with Crippen molar-refractivity contribution in [3.8, 4) is 0 Å². The van der Waals surface area contributed by atoms with Gasteiger partial charge in [-0.3, -0.25) is 14.3 Å². The molecule has 2 unspecified atom stereocenters. The minimum Gasteiger partial charge on any atom is -0.370 e. The van der Waals surface area contributed by atoms with Crippen molar-refractivity contribution in [3.05, 3.63) is 41.6 Å². The third-order valence-corrected chi connectivity index (χ3v) is 9.45. The van der Waals surface area contributed by atoms with Gasteiger partial charge in [-0.05, 0) is 51.0 Å². The molecule has 2 aliphatic carbocycles. The van der Waals surface area contributed by atoms with Gasteiger partial charge in [-0.25, -0.2) is 18.3 Å². The molecule has 3 aromatic rings. The highest BCUT2D eigenvalue weighted by molar-refractivity contribution is 5.92. The summed E-state index contributed by atoms with van der Waals surface area (Å²) in [5.41, 5.74) is 2.36. The third-order valence-electron chi connectivity index (χ3n) is 9.45. The van der Waals surface area contributed by atoms with Crippen LogP contribution >= 0.6 is 0 Å². The van der Waals surface area contributed by atoms with Crippen LogP contribution in [0.15, 0.2) is 24.5 Å². The molecule has 3 atom stereocenters. The maximum atomic E-state index is 14.1. The zero-order chi connectivity index (χ0) is 32.1. The third kappa shape index (κ3) is 6.62. The Morgan fingerprint density at radius 3 is 2.62 bits per heavy atom. The van der Waals surface area contributed by atoms with Crippen LogP contribution in [0, 0.1) is 17.8 Å². The van der Waals surface area contributed by atoms with Crippen LogP contribution in [0.3, 0.4) is 0 Å². The number of amides is 2. The molecule has 45 heavy (non-hydrogen) atoms. The normalized spacial score (nSPS) is 23.1. The molecule has 0 aromatic carbocycles. The molecule has 1 saturated heterocycles. The van der Waals surface area contributed by atoms with Gasteiger partial charge in [0.15, 0.2) is 5.65 Å². The van der Waals surface area contributed by atoms with E-state index in [0.29, 0.717) is 35.0 Å². The summed E-state index contributed by atoms with van der Waals surface area (Å²) < 4.78 is 71.9. The van der Waals surface area contributed by atoms with Gasteiger partial charge in [0.25, 0.3) is 5.91 Å². The predicted molar refractivity (Wildman–Crippen MR) is 154 cm³/mol. The molecular weight excluding hydrogens is 599 g/mol. The molecule has 0 radical (unpaired) electrons. The molecule has 3 fully saturated rings. The maximum Gasteiger partial charge on any atom is 0.393 e. The molecule has 3 aromatic heterocycles. The number of carbonyl (C=O) groups excluding carboxylic acids is 2. The highest BCUT2D eigenvalue weighted by atomic mass is 19.4. The molecule has 2 amide bonds. The molecule has 10 nitrogen and oxygen atoms in total. The Bertz CT molecular complexity index is 1560. The Labute approximate surface area is 256 Å². The Morgan fingerprint density at radius 1 is 1.22 bits per heavy atom. The molecule has 3 aliphatic rings. The van der Waals surface area contributed by atoms with Crippen LogP contribution in [0.5, 0.6) is 0 Å². The van der Waals surface area contributed by atoms with Crippen molar-refractivity contribution < 1.29 is 31.5 Å². The average Bonchev–Trinajstić information content (AvgIpc) is 3.58. The van der Waals surface area contributed by atoms with E-state index in [9.17, 15) is 31.5 Å². The summed E-state index contributed by atoms with van der Waals surface area (Å²) in [5.74, 6) is -6.46. The predicted octanol–water partition coefficient (Wildman–Crippen LogP) is 4.70. The van der Waals surface area contributed by atoms with Crippen LogP contribution in [0.25, 0.3) is 5.65 Å². The molecule has 2 N–H and O–H groups in total. The Kier molecular flexibility index (Phi) is 8.23.